The molecule has 0 aromatic rings. The van der Waals surface area contributed by atoms with Crippen molar-refractivity contribution in [3.05, 3.63) is 0 Å². The van der Waals surface area contributed by atoms with Crippen molar-refractivity contribution in [2.75, 3.05) is 0 Å². The van der Waals surface area contributed by atoms with Crippen LogP contribution >= 0.6 is 9.24 Å². The van der Waals surface area contributed by atoms with Crippen LogP contribution in [0.4, 0.5) is 0 Å². The summed E-state index contributed by atoms with van der Waals surface area (Å²) in [6, 6.07) is 0. The predicted molar refractivity (Wildman–Crippen MR) is 71.3 cm³/mol. The molecule has 0 nitrogen and oxygen atoms in total. The molecule has 0 aliphatic heterocycles. The molecule has 2 unspecified atom stereocenters. The summed E-state index contributed by atoms with van der Waals surface area (Å²) in [5.74, 6) is 2.12. The molecule has 0 amide bonds. The Morgan fingerprint density at radius 1 is 0.800 bits per heavy atom. The lowest BCUT2D eigenvalue weighted by molar-refractivity contribution is 0.280. The molecule has 0 spiro atoms. The van der Waals surface area contributed by atoms with Gasteiger partial charge in [0.2, 0.25) is 0 Å². The molecule has 2 atom stereocenters. The third-order valence-corrected chi connectivity index (χ3v) is 5.40. The monoisotopic (exact) mass is 226 g/mol. The molecule has 0 aromatic heterocycles. The maximum atomic E-state index is 3.17. The zero-order valence-electron chi connectivity index (χ0n) is 10.1. The van der Waals surface area contributed by atoms with Crippen LogP contribution in [0.5, 0.6) is 0 Å². The van der Waals surface area contributed by atoms with Gasteiger partial charge in [0, 0.05) is 0 Å². The summed E-state index contributed by atoms with van der Waals surface area (Å²) in [5, 5.41) is 0. The van der Waals surface area contributed by atoms with Crippen LogP contribution in [0.2, 0.25) is 0 Å². The van der Waals surface area contributed by atoms with E-state index >= 15 is 0 Å². The Balaban J connectivity index is 1.72. The highest BCUT2D eigenvalue weighted by Gasteiger charge is 2.23. The SMILES string of the molecule is PC(CC1CCCCC1)C1CCCCC1. The molecular formula is C14H27P. The average Bonchev–Trinajstić information content (AvgIpc) is 2.31. The maximum Gasteiger partial charge on any atom is -0.0233 e. The summed E-state index contributed by atoms with van der Waals surface area (Å²) in [6.07, 6.45) is 16.6. The van der Waals surface area contributed by atoms with Crippen molar-refractivity contribution in [2.24, 2.45) is 11.8 Å². The van der Waals surface area contributed by atoms with Crippen LogP contribution < -0.4 is 0 Å². The molecule has 1 heteroatoms. The molecule has 0 aromatic carbocycles. The van der Waals surface area contributed by atoms with E-state index in [0.29, 0.717) is 0 Å². The Kier molecular flexibility index (Phi) is 4.95. The Bertz CT molecular complexity index is 166. The van der Waals surface area contributed by atoms with E-state index in [4.69, 9.17) is 0 Å². The first-order valence-electron chi connectivity index (χ1n) is 7.12. The first-order chi connectivity index (χ1) is 7.36. The van der Waals surface area contributed by atoms with Gasteiger partial charge in [-0.25, -0.2) is 0 Å². The van der Waals surface area contributed by atoms with Crippen molar-refractivity contribution in [3.8, 4) is 0 Å². The van der Waals surface area contributed by atoms with Crippen LogP contribution in [0.1, 0.15) is 70.6 Å². The van der Waals surface area contributed by atoms with E-state index in [9.17, 15) is 0 Å². The van der Waals surface area contributed by atoms with Gasteiger partial charge in [-0.1, -0.05) is 51.4 Å². The number of rotatable bonds is 3. The predicted octanol–water partition coefficient (Wildman–Crippen LogP) is 4.78. The summed E-state index contributed by atoms with van der Waals surface area (Å²) in [6.45, 7) is 0. The van der Waals surface area contributed by atoms with Gasteiger partial charge in [0.1, 0.15) is 0 Å². The van der Waals surface area contributed by atoms with Crippen molar-refractivity contribution in [1.29, 1.82) is 0 Å². The molecule has 0 bridgehead atoms. The van der Waals surface area contributed by atoms with Gasteiger partial charge in [-0.15, -0.1) is 9.24 Å². The van der Waals surface area contributed by atoms with E-state index in [2.05, 4.69) is 9.24 Å². The minimum absolute atomic E-state index is 0.938. The van der Waals surface area contributed by atoms with Gasteiger partial charge in [0.05, 0.1) is 0 Å². The highest BCUT2D eigenvalue weighted by molar-refractivity contribution is 7.17. The van der Waals surface area contributed by atoms with Crippen molar-refractivity contribution in [1.82, 2.24) is 0 Å². The van der Waals surface area contributed by atoms with Crippen LogP contribution in [0.3, 0.4) is 0 Å². The minimum Gasteiger partial charge on any atom is -0.134 e. The molecular weight excluding hydrogens is 199 g/mol. The van der Waals surface area contributed by atoms with E-state index in [-0.39, 0.29) is 0 Å². The van der Waals surface area contributed by atoms with E-state index in [0.717, 1.165) is 17.5 Å². The number of hydrogen-bond acceptors (Lipinski definition) is 0. The van der Waals surface area contributed by atoms with Gasteiger partial charge in [0.25, 0.3) is 0 Å². The second-order valence-corrected chi connectivity index (χ2v) is 6.66. The van der Waals surface area contributed by atoms with Gasteiger partial charge in [0.15, 0.2) is 0 Å². The zero-order chi connectivity index (χ0) is 10.5. The highest BCUT2D eigenvalue weighted by Crippen LogP contribution is 2.36. The van der Waals surface area contributed by atoms with Crippen LogP contribution in [0.25, 0.3) is 0 Å². The first kappa shape index (κ1) is 11.9. The fourth-order valence-electron chi connectivity index (χ4n) is 3.56. The fraction of sp³-hybridized carbons (Fsp3) is 1.00. The zero-order valence-corrected chi connectivity index (χ0v) is 11.2. The molecule has 88 valence electrons. The third-order valence-electron chi connectivity index (χ3n) is 4.59. The standard InChI is InChI=1S/C14H27P/c15-14(13-9-5-2-6-10-13)11-12-7-3-1-4-8-12/h12-14H,1-11,15H2. The van der Waals surface area contributed by atoms with E-state index in [1.165, 1.54) is 70.6 Å². The number of hydrogen-bond donors (Lipinski definition) is 0. The molecule has 2 aliphatic carbocycles. The lowest BCUT2D eigenvalue weighted by Crippen LogP contribution is -2.21. The lowest BCUT2D eigenvalue weighted by Gasteiger charge is -2.31. The van der Waals surface area contributed by atoms with Gasteiger partial charge in [-0.2, -0.15) is 0 Å². The maximum absolute atomic E-state index is 3.17. The Hall–Kier alpha value is 0.430. The van der Waals surface area contributed by atoms with Crippen molar-refractivity contribution in [3.63, 3.8) is 0 Å². The molecule has 2 rings (SSSR count). The summed E-state index contributed by atoms with van der Waals surface area (Å²) in [7, 11) is 3.17. The van der Waals surface area contributed by atoms with Gasteiger partial charge in [-0.05, 0) is 36.8 Å². The molecule has 0 N–H and O–H groups in total. The van der Waals surface area contributed by atoms with Crippen LogP contribution in [-0.4, -0.2) is 5.66 Å². The highest BCUT2D eigenvalue weighted by atomic mass is 31.0. The molecule has 2 aliphatic rings. The largest absolute Gasteiger partial charge is 0.134 e. The smallest absolute Gasteiger partial charge is 0.0233 e. The van der Waals surface area contributed by atoms with Crippen molar-refractivity contribution < 1.29 is 0 Å². The molecule has 2 saturated carbocycles. The van der Waals surface area contributed by atoms with E-state index in [1.807, 2.05) is 0 Å². The Labute approximate surface area is 97.8 Å². The fourth-order valence-corrected chi connectivity index (χ4v) is 4.33. The summed E-state index contributed by atoms with van der Waals surface area (Å²) in [4.78, 5) is 0. The molecule has 2 fully saturated rings. The lowest BCUT2D eigenvalue weighted by atomic mass is 9.80. The minimum atomic E-state index is 0.938. The van der Waals surface area contributed by atoms with Gasteiger partial charge < -0.3 is 0 Å². The van der Waals surface area contributed by atoms with Gasteiger partial charge >= 0.3 is 0 Å². The van der Waals surface area contributed by atoms with Crippen LogP contribution in [0, 0.1) is 11.8 Å². The summed E-state index contributed by atoms with van der Waals surface area (Å²) < 4.78 is 0. The van der Waals surface area contributed by atoms with Crippen LogP contribution in [-0.2, 0) is 0 Å². The second kappa shape index (κ2) is 6.24. The van der Waals surface area contributed by atoms with Crippen molar-refractivity contribution in [2.45, 2.75) is 76.3 Å². The molecule has 0 heterocycles. The Morgan fingerprint density at radius 2 is 1.33 bits per heavy atom. The topological polar surface area (TPSA) is 0 Å². The summed E-state index contributed by atoms with van der Waals surface area (Å²) in [5.41, 5.74) is 0.938. The molecule has 0 radical (unpaired) electrons. The molecule has 0 saturated heterocycles. The second-order valence-electron chi connectivity index (χ2n) is 5.80. The average molecular weight is 226 g/mol. The summed E-state index contributed by atoms with van der Waals surface area (Å²) >= 11 is 0. The third kappa shape index (κ3) is 3.74. The molecule has 15 heavy (non-hydrogen) atoms. The van der Waals surface area contributed by atoms with Gasteiger partial charge in [-0.3, -0.25) is 0 Å². The van der Waals surface area contributed by atoms with Crippen LogP contribution in [0.15, 0.2) is 0 Å². The normalized spacial score (nSPS) is 27.8. The van der Waals surface area contributed by atoms with E-state index < -0.39 is 0 Å². The van der Waals surface area contributed by atoms with E-state index in [1.54, 1.807) is 0 Å². The first-order valence-corrected chi connectivity index (χ1v) is 7.78. The Morgan fingerprint density at radius 3 is 1.93 bits per heavy atom. The van der Waals surface area contributed by atoms with Crippen molar-refractivity contribution >= 4 is 9.24 Å². The quantitative estimate of drug-likeness (QED) is 0.607.